The Balaban J connectivity index is 2.20. The van der Waals surface area contributed by atoms with Crippen LogP contribution in [0.5, 0.6) is 5.88 Å². The number of nitrogens with zero attached hydrogens (tertiary/aromatic N) is 3. The molecule has 5 heteroatoms. The summed E-state index contributed by atoms with van der Waals surface area (Å²) in [5.41, 5.74) is 7.96. The highest BCUT2D eigenvalue weighted by atomic mass is 16.5. The number of fused-ring (bicyclic) bond motifs is 1. The van der Waals surface area contributed by atoms with Gasteiger partial charge in [0.05, 0.1) is 13.3 Å². The third kappa shape index (κ3) is 1.79. The molecule has 3 aromatic rings. The molecule has 5 nitrogen and oxygen atoms in total. The molecule has 2 aromatic heterocycles. The molecule has 0 aliphatic heterocycles. The zero-order valence-electron chi connectivity index (χ0n) is 10.8. The molecule has 0 radical (unpaired) electrons. The zero-order valence-corrected chi connectivity index (χ0v) is 10.8. The van der Waals surface area contributed by atoms with Crippen molar-refractivity contribution in [2.24, 2.45) is 7.05 Å². The van der Waals surface area contributed by atoms with Gasteiger partial charge in [-0.2, -0.15) is 5.10 Å². The molecule has 2 heterocycles. The van der Waals surface area contributed by atoms with Crippen LogP contribution in [0.1, 0.15) is 0 Å². The van der Waals surface area contributed by atoms with Crippen molar-refractivity contribution in [3.63, 3.8) is 0 Å². The summed E-state index contributed by atoms with van der Waals surface area (Å²) < 4.78 is 6.91. The molecular weight excluding hydrogens is 240 g/mol. The Bertz CT molecular complexity index is 748. The Morgan fingerprint density at radius 2 is 2.11 bits per heavy atom. The van der Waals surface area contributed by atoms with Gasteiger partial charge in [-0.1, -0.05) is 6.07 Å². The van der Waals surface area contributed by atoms with E-state index >= 15 is 0 Å². The van der Waals surface area contributed by atoms with Crippen LogP contribution < -0.4 is 10.5 Å². The van der Waals surface area contributed by atoms with Crippen LogP contribution >= 0.6 is 0 Å². The lowest BCUT2D eigenvalue weighted by atomic mass is 10.0. The van der Waals surface area contributed by atoms with Gasteiger partial charge in [0.2, 0.25) is 5.88 Å². The molecular formula is C14H14N4O. The van der Waals surface area contributed by atoms with Crippen molar-refractivity contribution in [2.75, 3.05) is 12.8 Å². The van der Waals surface area contributed by atoms with E-state index < -0.39 is 0 Å². The molecule has 0 aliphatic rings. The van der Waals surface area contributed by atoms with Crippen molar-refractivity contribution in [1.82, 2.24) is 14.8 Å². The van der Waals surface area contributed by atoms with E-state index in [4.69, 9.17) is 10.5 Å². The average Bonchev–Trinajstić information content (AvgIpc) is 2.77. The van der Waals surface area contributed by atoms with Crippen LogP contribution in [-0.4, -0.2) is 21.9 Å². The van der Waals surface area contributed by atoms with Crippen LogP contribution in [0.25, 0.3) is 21.9 Å². The molecule has 19 heavy (non-hydrogen) atoms. The van der Waals surface area contributed by atoms with Crippen LogP contribution in [0, 0.1) is 0 Å². The topological polar surface area (TPSA) is 66.0 Å². The maximum Gasteiger partial charge on any atom is 0.221 e. The molecule has 3 rings (SSSR count). The minimum Gasteiger partial charge on any atom is -0.481 e. The number of methoxy groups -OCH3 is 1. The third-order valence-corrected chi connectivity index (χ3v) is 3.22. The van der Waals surface area contributed by atoms with Gasteiger partial charge in [-0.3, -0.25) is 4.68 Å². The van der Waals surface area contributed by atoms with Crippen molar-refractivity contribution < 1.29 is 4.74 Å². The van der Waals surface area contributed by atoms with Gasteiger partial charge in [-0.15, -0.1) is 0 Å². The first-order valence-electron chi connectivity index (χ1n) is 5.91. The minimum absolute atomic E-state index is 0.628. The third-order valence-electron chi connectivity index (χ3n) is 3.22. The highest BCUT2D eigenvalue weighted by Gasteiger charge is 2.09. The van der Waals surface area contributed by atoms with Crippen LogP contribution in [-0.2, 0) is 7.05 Å². The van der Waals surface area contributed by atoms with Gasteiger partial charge in [0.25, 0.3) is 0 Å². The first-order valence-corrected chi connectivity index (χ1v) is 5.91. The second-order valence-corrected chi connectivity index (χ2v) is 4.32. The zero-order chi connectivity index (χ0) is 13.4. The van der Waals surface area contributed by atoms with Crippen molar-refractivity contribution in [1.29, 1.82) is 0 Å². The maximum absolute atomic E-state index is 6.00. The number of aromatic nitrogens is 3. The number of nitrogens with two attached hydrogens (primary N) is 1. The molecule has 0 unspecified atom stereocenters. The Morgan fingerprint density at radius 3 is 2.79 bits per heavy atom. The fourth-order valence-corrected chi connectivity index (χ4v) is 2.15. The molecule has 0 bridgehead atoms. The average molecular weight is 254 g/mol. The molecule has 0 fully saturated rings. The summed E-state index contributed by atoms with van der Waals surface area (Å²) in [5.74, 6) is 1.28. The van der Waals surface area contributed by atoms with E-state index in [1.807, 2.05) is 25.2 Å². The van der Waals surface area contributed by atoms with E-state index in [1.54, 1.807) is 24.2 Å². The minimum atomic E-state index is 0.628. The molecule has 0 aliphatic carbocycles. The van der Waals surface area contributed by atoms with Gasteiger partial charge in [0.15, 0.2) is 0 Å². The predicted molar refractivity (Wildman–Crippen MR) is 74.9 cm³/mol. The first kappa shape index (κ1) is 11.5. The number of hydrogen-bond acceptors (Lipinski definition) is 4. The molecule has 96 valence electrons. The van der Waals surface area contributed by atoms with Gasteiger partial charge in [0, 0.05) is 24.2 Å². The lowest BCUT2D eigenvalue weighted by molar-refractivity contribution is 0.403. The SMILES string of the molecule is COc1nccc2cc(-c3cnn(C)c3N)ccc12. The van der Waals surface area contributed by atoms with Gasteiger partial charge in [-0.25, -0.2) is 4.98 Å². The van der Waals surface area contributed by atoms with Gasteiger partial charge in [-0.05, 0) is 29.1 Å². The fraction of sp³-hybridized carbons (Fsp3) is 0.143. The second kappa shape index (κ2) is 4.28. The predicted octanol–water partition coefficient (Wildman–Crippen LogP) is 2.23. The highest BCUT2D eigenvalue weighted by molar-refractivity contribution is 5.91. The van der Waals surface area contributed by atoms with E-state index in [0.29, 0.717) is 11.7 Å². The summed E-state index contributed by atoms with van der Waals surface area (Å²) in [6.07, 6.45) is 3.51. The summed E-state index contributed by atoms with van der Waals surface area (Å²) in [7, 11) is 3.45. The summed E-state index contributed by atoms with van der Waals surface area (Å²) in [6.45, 7) is 0. The Hall–Kier alpha value is -2.56. The first-order chi connectivity index (χ1) is 9.20. The number of aryl methyl sites for hydroxylation is 1. The number of ether oxygens (including phenoxy) is 1. The van der Waals surface area contributed by atoms with Crippen LogP contribution in [0.15, 0.2) is 36.7 Å². The van der Waals surface area contributed by atoms with Crippen LogP contribution in [0.3, 0.4) is 0 Å². The quantitative estimate of drug-likeness (QED) is 0.761. The second-order valence-electron chi connectivity index (χ2n) is 4.32. The van der Waals surface area contributed by atoms with Crippen LogP contribution in [0.2, 0.25) is 0 Å². The number of nitrogen functional groups attached to an aromatic ring is 1. The highest BCUT2D eigenvalue weighted by Crippen LogP contribution is 2.30. The Labute approximate surface area is 110 Å². The molecule has 0 saturated heterocycles. The molecule has 2 N–H and O–H groups in total. The summed E-state index contributed by atoms with van der Waals surface area (Å²) in [6, 6.07) is 8.00. The summed E-state index contributed by atoms with van der Waals surface area (Å²) in [4.78, 5) is 4.19. The van der Waals surface area contributed by atoms with Gasteiger partial charge < -0.3 is 10.5 Å². The van der Waals surface area contributed by atoms with Gasteiger partial charge in [0.1, 0.15) is 5.82 Å². The van der Waals surface area contributed by atoms with Crippen molar-refractivity contribution in [3.05, 3.63) is 36.7 Å². The molecule has 1 aromatic carbocycles. The maximum atomic E-state index is 6.00. The molecule has 0 amide bonds. The Morgan fingerprint density at radius 1 is 1.26 bits per heavy atom. The van der Waals surface area contributed by atoms with Crippen molar-refractivity contribution >= 4 is 16.6 Å². The molecule has 0 saturated carbocycles. The van der Waals surface area contributed by atoms with Crippen molar-refractivity contribution in [3.8, 4) is 17.0 Å². The summed E-state index contributed by atoms with van der Waals surface area (Å²) >= 11 is 0. The monoisotopic (exact) mass is 254 g/mol. The molecule has 0 spiro atoms. The van der Waals surface area contributed by atoms with Gasteiger partial charge >= 0.3 is 0 Å². The van der Waals surface area contributed by atoms with E-state index in [0.717, 1.165) is 21.9 Å². The number of benzene rings is 1. The van der Waals surface area contributed by atoms with Crippen LogP contribution in [0.4, 0.5) is 5.82 Å². The fourth-order valence-electron chi connectivity index (χ4n) is 2.15. The van der Waals surface area contributed by atoms with Crippen molar-refractivity contribution in [2.45, 2.75) is 0 Å². The lowest BCUT2D eigenvalue weighted by Crippen LogP contribution is -1.98. The Kier molecular flexibility index (Phi) is 2.59. The molecule has 0 atom stereocenters. The van der Waals surface area contributed by atoms with E-state index in [9.17, 15) is 0 Å². The normalized spacial score (nSPS) is 10.8. The number of rotatable bonds is 2. The number of anilines is 1. The number of hydrogen-bond donors (Lipinski definition) is 1. The van der Waals surface area contributed by atoms with E-state index in [2.05, 4.69) is 16.1 Å². The standard InChI is InChI=1S/C14H14N4O/c1-18-13(15)12(8-17-18)9-3-4-11-10(7-9)5-6-16-14(11)19-2/h3-8H,15H2,1-2H3. The smallest absolute Gasteiger partial charge is 0.221 e. The largest absolute Gasteiger partial charge is 0.481 e. The number of pyridine rings is 1. The van der Waals surface area contributed by atoms with E-state index in [-0.39, 0.29) is 0 Å². The van der Waals surface area contributed by atoms with E-state index in [1.165, 1.54) is 0 Å². The lowest BCUT2D eigenvalue weighted by Gasteiger charge is -2.06. The summed E-state index contributed by atoms with van der Waals surface area (Å²) in [5, 5.41) is 6.21.